The molecule has 1 aliphatic carbocycles. The topological polar surface area (TPSA) is 61.4 Å². The lowest BCUT2D eigenvalue weighted by atomic mass is 9.79. The van der Waals surface area contributed by atoms with Gasteiger partial charge in [0.25, 0.3) is 0 Å². The zero-order valence-corrected chi connectivity index (χ0v) is 16.2. The minimum absolute atomic E-state index is 0.271. The number of aliphatic hydroxyl groups excluding tert-OH is 1. The molecule has 158 valence electrons. The van der Waals surface area contributed by atoms with Crippen molar-refractivity contribution in [2.24, 2.45) is 5.92 Å². The maximum Gasteiger partial charge on any atom is 0.471 e. The Hall–Kier alpha value is -1.67. The second-order valence-corrected chi connectivity index (χ2v) is 8.23. The van der Waals surface area contributed by atoms with Gasteiger partial charge in [-0.15, -0.1) is 0 Å². The second-order valence-electron chi connectivity index (χ2n) is 8.23. The molecule has 1 atom stereocenters. The number of alkyl halides is 3. The Labute approximate surface area is 162 Å². The Kier molecular flexibility index (Phi) is 7.45. The SMILES string of the molecule is CC(C)(CC1CCC(NC(=O)C(F)(F)F)CC1)NC[C@H](O)c1cccc(F)c1. The number of β-amino-alcohol motifs (C(OH)–C–C–N with tert-alkyl or cyclic N) is 1. The van der Waals surface area contributed by atoms with Gasteiger partial charge in [0, 0.05) is 18.1 Å². The Morgan fingerprint density at radius 1 is 1.21 bits per heavy atom. The van der Waals surface area contributed by atoms with Crippen LogP contribution in [0.25, 0.3) is 0 Å². The van der Waals surface area contributed by atoms with Crippen molar-refractivity contribution in [2.45, 2.75) is 69.8 Å². The molecule has 3 N–H and O–H groups in total. The van der Waals surface area contributed by atoms with Crippen LogP contribution in [0.5, 0.6) is 0 Å². The van der Waals surface area contributed by atoms with Crippen molar-refractivity contribution in [3.8, 4) is 0 Å². The standard InChI is InChI=1S/C20H28F4N2O2/c1-19(2,25-12-17(27)14-4-3-5-15(21)10-14)11-13-6-8-16(9-7-13)26-18(28)20(22,23)24/h3-5,10,13,16-17,25,27H,6-9,11-12H2,1-2H3,(H,26,28)/t13?,16?,17-/m0/s1. The molecule has 1 aromatic rings. The van der Waals surface area contributed by atoms with Crippen LogP contribution in [0.1, 0.15) is 57.6 Å². The number of hydrogen-bond acceptors (Lipinski definition) is 3. The van der Waals surface area contributed by atoms with E-state index in [0.29, 0.717) is 24.3 Å². The van der Waals surface area contributed by atoms with Gasteiger partial charge in [0.15, 0.2) is 0 Å². The maximum atomic E-state index is 13.3. The third-order valence-corrected chi connectivity index (χ3v) is 5.25. The van der Waals surface area contributed by atoms with E-state index in [1.165, 1.54) is 12.1 Å². The van der Waals surface area contributed by atoms with Crippen LogP contribution in [-0.2, 0) is 4.79 Å². The number of nitrogens with one attached hydrogen (secondary N) is 2. The molecule has 0 spiro atoms. The fourth-order valence-corrected chi connectivity index (χ4v) is 3.78. The first kappa shape index (κ1) is 22.6. The molecule has 28 heavy (non-hydrogen) atoms. The fourth-order valence-electron chi connectivity index (χ4n) is 3.78. The molecule has 0 bridgehead atoms. The van der Waals surface area contributed by atoms with Crippen molar-refractivity contribution in [1.82, 2.24) is 10.6 Å². The van der Waals surface area contributed by atoms with Crippen LogP contribution in [-0.4, -0.2) is 35.3 Å². The predicted molar refractivity (Wildman–Crippen MR) is 98.0 cm³/mol. The third-order valence-electron chi connectivity index (χ3n) is 5.25. The van der Waals surface area contributed by atoms with E-state index in [2.05, 4.69) is 10.6 Å². The molecular formula is C20H28F4N2O2. The van der Waals surface area contributed by atoms with Crippen molar-refractivity contribution < 1.29 is 27.5 Å². The first-order valence-electron chi connectivity index (χ1n) is 9.52. The van der Waals surface area contributed by atoms with Gasteiger partial charge in [-0.3, -0.25) is 4.79 Å². The van der Waals surface area contributed by atoms with Crippen molar-refractivity contribution in [2.75, 3.05) is 6.54 Å². The van der Waals surface area contributed by atoms with E-state index in [-0.39, 0.29) is 12.1 Å². The Bertz CT molecular complexity index is 656. The summed E-state index contributed by atoms with van der Waals surface area (Å²) in [6.07, 6.45) is -2.36. The molecule has 8 heteroatoms. The normalized spacial score (nSPS) is 22.0. The molecule has 1 aromatic carbocycles. The first-order chi connectivity index (χ1) is 13.0. The lowest BCUT2D eigenvalue weighted by Gasteiger charge is -2.36. The summed E-state index contributed by atoms with van der Waals surface area (Å²) in [6, 6.07) is 5.40. The number of carbonyl (C=O) groups is 1. The van der Waals surface area contributed by atoms with Gasteiger partial charge in [-0.1, -0.05) is 12.1 Å². The summed E-state index contributed by atoms with van der Waals surface area (Å²) in [7, 11) is 0. The lowest BCUT2D eigenvalue weighted by molar-refractivity contribution is -0.174. The number of carbonyl (C=O) groups excluding carboxylic acids is 1. The van der Waals surface area contributed by atoms with Crippen molar-refractivity contribution in [3.05, 3.63) is 35.6 Å². The highest BCUT2D eigenvalue weighted by Gasteiger charge is 2.40. The molecule has 0 heterocycles. The van der Waals surface area contributed by atoms with Crippen LogP contribution in [0.2, 0.25) is 0 Å². The van der Waals surface area contributed by atoms with Crippen LogP contribution in [0, 0.1) is 11.7 Å². The summed E-state index contributed by atoms with van der Waals surface area (Å²) in [5.41, 5.74) is 0.213. The van der Waals surface area contributed by atoms with Crippen LogP contribution < -0.4 is 10.6 Å². The summed E-state index contributed by atoms with van der Waals surface area (Å²) in [4.78, 5) is 11.0. The highest BCUT2D eigenvalue weighted by atomic mass is 19.4. The number of halogens is 4. The number of aliphatic hydroxyl groups is 1. The van der Waals surface area contributed by atoms with Crippen molar-refractivity contribution in [3.63, 3.8) is 0 Å². The second kappa shape index (κ2) is 9.22. The molecule has 0 aromatic heterocycles. The van der Waals surface area contributed by atoms with Gasteiger partial charge in [-0.2, -0.15) is 13.2 Å². The molecular weight excluding hydrogens is 376 g/mol. The van der Waals surface area contributed by atoms with E-state index in [1.807, 2.05) is 13.8 Å². The highest BCUT2D eigenvalue weighted by molar-refractivity contribution is 5.81. The zero-order valence-electron chi connectivity index (χ0n) is 16.2. The minimum atomic E-state index is -4.84. The molecule has 1 fully saturated rings. The number of rotatable bonds is 7. The van der Waals surface area contributed by atoms with E-state index < -0.39 is 30.0 Å². The average molecular weight is 404 g/mol. The monoisotopic (exact) mass is 404 g/mol. The summed E-state index contributed by atoms with van der Waals surface area (Å²) in [5.74, 6) is -1.94. The van der Waals surface area contributed by atoms with Gasteiger partial charge in [0.2, 0.25) is 0 Å². The van der Waals surface area contributed by atoms with E-state index in [4.69, 9.17) is 0 Å². The molecule has 0 unspecified atom stereocenters. The molecule has 4 nitrogen and oxygen atoms in total. The maximum absolute atomic E-state index is 13.3. The molecule has 1 saturated carbocycles. The van der Waals surface area contributed by atoms with Gasteiger partial charge < -0.3 is 15.7 Å². The van der Waals surface area contributed by atoms with Gasteiger partial charge in [0.05, 0.1) is 6.10 Å². The quantitative estimate of drug-likeness (QED) is 0.605. The average Bonchev–Trinajstić information content (AvgIpc) is 2.60. The largest absolute Gasteiger partial charge is 0.471 e. The Balaban J connectivity index is 1.76. The smallest absolute Gasteiger partial charge is 0.387 e. The molecule has 1 amide bonds. The molecule has 1 aliphatic rings. The molecule has 0 aliphatic heterocycles. The number of amides is 1. The zero-order chi connectivity index (χ0) is 20.9. The number of benzene rings is 1. The highest BCUT2D eigenvalue weighted by Crippen LogP contribution is 2.31. The predicted octanol–water partition coefficient (Wildman–Crippen LogP) is 3.85. The van der Waals surface area contributed by atoms with Gasteiger partial charge in [-0.05, 0) is 69.6 Å². The first-order valence-corrected chi connectivity index (χ1v) is 9.52. The van der Waals surface area contributed by atoms with Crippen LogP contribution in [0.15, 0.2) is 24.3 Å². The fraction of sp³-hybridized carbons (Fsp3) is 0.650. The van der Waals surface area contributed by atoms with Crippen LogP contribution in [0.3, 0.4) is 0 Å². The Morgan fingerprint density at radius 3 is 2.43 bits per heavy atom. The van der Waals surface area contributed by atoms with E-state index in [9.17, 15) is 27.5 Å². The number of hydrogen-bond donors (Lipinski definition) is 3. The summed E-state index contributed by atoms with van der Waals surface area (Å²) >= 11 is 0. The Morgan fingerprint density at radius 2 is 1.86 bits per heavy atom. The van der Waals surface area contributed by atoms with Gasteiger partial charge >= 0.3 is 12.1 Å². The van der Waals surface area contributed by atoms with E-state index >= 15 is 0 Å². The molecule has 2 rings (SSSR count). The van der Waals surface area contributed by atoms with E-state index in [1.54, 1.807) is 12.1 Å². The summed E-state index contributed by atoms with van der Waals surface area (Å²) < 4.78 is 50.3. The van der Waals surface area contributed by atoms with Crippen LogP contribution in [0.4, 0.5) is 17.6 Å². The van der Waals surface area contributed by atoms with Crippen molar-refractivity contribution in [1.29, 1.82) is 0 Å². The molecule has 0 radical (unpaired) electrons. The third kappa shape index (κ3) is 7.05. The summed E-state index contributed by atoms with van der Waals surface area (Å²) in [5, 5.41) is 15.6. The van der Waals surface area contributed by atoms with Gasteiger partial charge in [-0.25, -0.2) is 4.39 Å². The van der Waals surface area contributed by atoms with Crippen molar-refractivity contribution >= 4 is 5.91 Å². The van der Waals surface area contributed by atoms with Crippen LogP contribution >= 0.6 is 0 Å². The van der Waals surface area contributed by atoms with Gasteiger partial charge in [0.1, 0.15) is 5.82 Å². The summed E-state index contributed by atoms with van der Waals surface area (Å²) in [6.45, 7) is 4.28. The molecule has 0 saturated heterocycles. The minimum Gasteiger partial charge on any atom is -0.387 e. The lowest BCUT2D eigenvalue weighted by Crippen LogP contribution is -2.46. The van der Waals surface area contributed by atoms with E-state index in [0.717, 1.165) is 19.3 Å².